The topological polar surface area (TPSA) is 63.9 Å². The largest absolute Gasteiger partial charge is 0.508 e. The lowest BCUT2D eigenvalue weighted by Crippen LogP contribution is -2.20. The highest BCUT2D eigenvalue weighted by molar-refractivity contribution is 5.82. The summed E-state index contributed by atoms with van der Waals surface area (Å²) >= 11 is 0. The molecule has 0 unspecified atom stereocenters. The van der Waals surface area contributed by atoms with Crippen LogP contribution in [0.25, 0.3) is 5.57 Å². The van der Waals surface area contributed by atoms with E-state index in [-0.39, 0.29) is 17.2 Å². The summed E-state index contributed by atoms with van der Waals surface area (Å²) in [4.78, 5) is 1.95. The Kier molecular flexibility index (Phi) is 3.06. The zero-order valence-corrected chi connectivity index (χ0v) is 11.3. The molecule has 0 amide bonds. The molecule has 0 aliphatic carbocycles. The van der Waals surface area contributed by atoms with Crippen LogP contribution in [0.4, 0.5) is 5.69 Å². The van der Waals surface area contributed by atoms with Gasteiger partial charge in [0.05, 0.1) is 6.54 Å². The van der Waals surface area contributed by atoms with Crippen LogP contribution in [-0.4, -0.2) is 15.3 Å². The molecule has 1 aliphatic rings. The fourth-order valence-corrected chi connectivity index (χ4v) is 2.49. The zero-order valence-electron chi connectivity index (χ0n) is 11.3. The molecule has 0 saturated heterocycles. The van der Waals surface area contributed by atoms with Gasteiger partial charge in [-0.2, -0.15) is 0 Å². The van der Waals surface area contributed by atoms with E-state index in [0.717, 1.165) is 22.4 Å². The van der Waals surface area contributed by atoms with Crippen molar-refractivity contribution in [2.75, 3.05) is 4.90 Å². The fourth-order valence-electron chi connectivity index (χ4n) is 2.49. The van der Waals surface area contributed by atoms with Gasteiger partial charge in [-0.15, -0.1) is 0 Å². The Bertz CT molecular complexity index is 732. The zero-order chi connectivity index (χ0) is 15.0. The maximum atomic E-state index is 10.1. The van der Waals surface area contributed by atoms with E-state index in [9.17, 15) is 15.3 Å². The fraction of sp³-hybridized carbons (Fsp3) is 0.0588. The Labute approximate surface area is 122 Å². The summed E-state index contributed by atoms with van der Waals surface area (Å²) in [5, 5.41) is 29.1. The van der Waals surface area contributed by atoms with Crippen LogP contribution in [0.15, 0.2) is 55.3 Å². The van der Waals surface area contributed by atoms with Crippen LogP contribution in [0.2, 0.25) is 0 Å². The van der Waals surface area contributed by atoms with E-state index in [1.165, 1.54) is 6.07 Å². The second-order valence-corrected chi connectivity index (χ2v) is 4.92. The molecule has 3 N–H and O–H groups in total. The molecule has 0 radical (unpaired) electrons. The molecular weight excluding hydrogens is 266 g/mol. The van der Waals surface area contributed by atoms with Crippen LogP contribution >= 0.6 is 0 Å². The number of fused-ring (bicyclic) bond motifs is 1. The van der Waals surface area contributed by atoms with Gasteiger partial charge in [0.1, 0.15) is 17.2 Å². The first-order valence-electron chi connectivity index (χ1n) is 6.53. The number of phenols is 3. The summed E-state index contributed by atoms with van der Waals surface area (Å²) in [6, 6.07) is 9.78. The molecule has 0 saturated carbocycles. The van der Waals surface area contributed by atoms with Gasteiger partial charge in [-0.3, -0.25) is 0 Å². The van der Waals surface area contributed by atoms with E-state index < -0.39 is 0 Å². The molecule has 0 spiro atoms. The molecule has 4 nitrogen and oxygen atoms in total. The number of allylic oxidation sites excluding steroid dienone is 2. The van der Waals surface area contributed by atoms with Gasteiger partial charge in [-0.1, -0.05) is 12.7 Å². The second kappa shape index (κ2) is 4.90. The predicted molar refractivity (Wildman–Crippen MR) is 82.2 cm³/mol. The maximum Gasteiger partial charge on any atom is 0.124 e. The third kappa shape index (κ3) is 2.31. The standard InChI is InChI=1S/C17H15NO3/c1-2-11-9-18(12-3-5-13(19)6-4-12)10-16-15(11)7-14(20)8-17(16)21/h2-9,19-21H,1,10H2. The lowest BCUT2D eigenvalue weighted by Gasteiger charge is -2.28. The van der Waals surface area contributed by atoms with Crippen molar-refractivity contribution in [3.05, 3.63) is 66.4 Å². The molecule has 2 aromatic carbocycles. The van der Waals surface area contributed by atoms with Crippen molar-refractivity contribution in [2.45, 2.75) is 6.54 Å². The lowest BCUT2D eigenvalue weighted by atomic mass is 9.95. The molecule has 0 bridgehead atoms. The van der Waals surface area contributed by atoms with Crippen LogP contribution in [0.1, 0.15) is 11.1 Å². The number of nitrogens with zero attached hydrogens (tertiary/aromatic N) is 1. The van der Waals surface area contributed by atoms with Crippen molar-refractivity contribution in [1.82, 2.24) is 0 Å². The monoisotopic (exact) mass is 281 g/mol. The van der Waals surface area contributed by atoms with Crippen molar-refractivity contribution >= 4 is 11.3 Å². The average Bonchev–Trinajstić information content (AvgIpc) is 2.47. The quantitative estimate of drug-likeness (QED) is 0.790. The summed E-state index contributed by atoms with van der Waals surface area (Å²) in [6.07, 6.45) is 3.59. The first kappa shape index (κ1) is 13.1. The van der Waals surface area contributed by atoms with Crippen molar-refractivity contribution < 1.29 is 15.3 Å². The number of anilines is 1. The number of hydrogen-bond acceptors (Lipinski definition) is 4. The number of hydrogen-bond donors (Lipinski definition) is 3. The van der Waals surface area contributed by atoms with E-state index in [1.54, 1.807) is 36.4 Å². The van der Waals surface area contributed by atoms with Gasteiger partial charge in [-0.25, -0.2) is 0 Å². The van der Waals surface area contributed by atoms with Gasteiger partial charge >= 0.3 is 0 Å². The van der Waals surface area contributed by atoms with Crippen LogP contribution < -0.4 is 4.90 Å². The molecule has 1 aliphatic heterocycles. The van der Waals surface area contributed by atoms with Crippen LogP contribution in [0, 0.1) is 0 Å². The highest BCUT2D eigenvalue weighted by atomic mass is 16.3. The third-order valence-electron chi connectivity index (χ3n) is 3.55. The number of benzene rings is 2. The van der Waals surface area contributed by atoms with Crippen LogP contribution in [0.3, 0.4) is 0 Å². The molecule has 2 aromatic rings. The summed E-state index contributed by atoms with van der Waals surface area (Å²) in [5.74, 6) is 0.287. The number of phenolic OH excluding ortho intramolecular Hbond substituents is 3. The molecule has 106 valence electrons. The van der Waals surface area contributed by atoms with Gasteiger partial charge < -0.3 is 20.2 Å². The van der Waals surface area contributed by atoms with Gasteiger partial charge in [0, 0.05) is 23.5 Å². The lowest BCUT2D eigenvalue weighted by molar-refractivity contribution is 0.445. The minimum Gasteiger partial charge on any atom is -0.508 e. The van der Waals surface area contributed by atoms with E-state index >= 15 is 0 Å². The van der Waals surface area contributed by atoms with Gasteiger partial charge in [-0.05, 0) is 41.5 Å². The van der Waals surface area contributed by atoms with Gasteiger partial charge in [0.15, 0.2) is 0 Å². The minimum atomic E-state index is 0.0251. The summed E-state index contributed by atoms with van der Waals surface area (Å²) in [6.45, 7) is 4.26. The summed E-state index contributed by atoms with van der Waals surface area (Å²) < 4.78 is 0. The van der Waals surface area contributed by atoms with E-state index in [0.29, 0.717) is 6.54 Å². The van der Waals surface area contributed by atoms with Crippen LogP contribution in [0.5, 0.6) is 17.2 Å². The molecule has 0 fully saturated rings. The maximum absolute atomic E-state index is 10.1. The van der Waals surface area contributed by atoms with E-state index in [1.807, 2.05) is 11.1 Å². The Morgan fingerprint density at radius 1 is 1.00 bits per heavy atom. The molecule has 1 heterocycles. The average molecular weight is 281 g/mol. The Morgan fingerprint density at radius 3 is 2.38 bits per heavy atom. The molecule has 21 heavy (non-hydrogen) atoms. The van der Waals surface area contributed by atoms with Crippen molar-refractivity contribution in [2.24, 2.45) is 0 Å². The highest BCUT2D eigenvalue weighted by Crippen LogP contribution is 2.38. The van der Waals surface area contributed by atoms with E-state index in [4.69, 9.17) is 0 Å². The Morgan fingerprint density at radius 2 is 1.71 bits per heavy atom. The molecule has 0 aromatic heterocycles. The molecular formula is C17H15NO3. The molecule has 3 rings (SSSR count). The summed E-state index contributed by atoms with van der Waals surface area (Å²) in [5.41, 5.74) is 3.22. The number of rotatable bonds is 2. The molecule has 4 heteroatoms. The first-order valence-corrected chi connectivity index (χ1v) is 6.53. The normalized spacial score (nSPS) is 13.5. The van der Waals surface area contributed by atoms with E-state index in [2.05, 4.69) is 6.58 Å². The van der Waals surface area contributed by atoms with Gasteiger partial charge in [0.25, 0.3) is 0 Å². The first-order chi connectivity index (χ1) is 10.1. The Hall–Kier alpha value is -2.88. The smallest absolute Gasteiger partial charge is 0.124 e. The SMILES string of the molecule is C=CC1=CN(c2ccc(O)cc2)Cc2c(O)cc(O)cc21. The van der Waals surface area contributed by atoms with Gasteiger partial charge in [0.2, 0.25) is 0 Å². The second-order valence-electron chi connectivity index (χ2n) is 4.92. The van der Waals surface area contributed by atoms with Crippen molar-refractivity contribution in [3.8, 4) is 17.2 Å². The highest BCUT2D eigenvalue weighted by Gasteiger charge is 2.20. The third-order valence-corrected chi connectivity index (χ3v) is 3.55. The van der Waals surface area contributed by atoms with Crippen LogP contribution in [-0.2, 0) is 6.54 Å². The summed E-state index contributed by atoms with van der Waals surface area (Å²) in [7, 11) is 0. The van der Waals surface area contributed by atoms with Crippen molar-refractivity contribution in [3.63, 3.8) is 0 Å². The Balaban J connectivity index is 2.09. The predicted octanol–water partition coefficient (Wildman–Crippen LogP) is 3.35. The number of aromatic hydroxyl groups is 3. The molecule has 0 atom stereocenters. The minimum absolute atomic E-state index is 0.0251. The van der Waals surface area contributed by atoms with Crippen molar-refractivity contribution in [1.29, 1.82) is 0 Å².